The Morgan fingerprint density at radius 2 is 2.04 bits per heavy atom. The van der Waals surface area contributed by atoms with Crippen LogP contribution in [0.25, 0.3) is 0 Å². The van der Waals surface area contributed by atoms with E-state index in [1.54, 1.807) is 0 Å². The highest BCUT2D eigenvalue weighted by Crippen LogP contribution is 2.29. The van der Waals surface area contributed by atoms with E-state index < -0.39 is 6.10 Å². The first-order chi connectivity index (χ1) is 12.1. The van der Waals surface area contributed by atoms with Crippen LogP contribution in [0, 0.1) is 0 Å². The van der Waals surface area contributed by atoms with Crippen molar-refractivity contribution < 1.29 is 9.90 Å². The van der Waals surface area contributed by atoms with Crippen molar-refractivity contribution in [3.05, 3.63) is 35.9 Å². The minimum Gasteiger partial charge on any atom is -0.387 e. The van der Waals surface area contributed by atoms with Crippen molar-refractivity contribution in [3.8, 4) is 0 Å². The number of urea groups is 1. The predicted octanol–water partition coefficient (Wildman–Crippen LogP) is 2.77. The van der Waals surface area contributed by atoms with E-state index in [1.807, 2.05) is 35.2 Å². The number of rotatable bonds is 7. The lowest BCUT2D eigenvalue weighted by Gasteiger charge is -2.33. The third-order valence-electron chi connectivity index (χ3n) is 5.42. The van der Waals surface area contributed by atoms with Gasteiger partial charge in [0.25, 0.3) is 0 Å². The Kier molecular flexibility index (Phi) is 6.32. The molecule has 0 unspecified atom stereocenters. The van der Waals surface area contributed by atoms with Crippen LogP contribution in [0.3, 0.4) is 0 Å². The largest absolute Gasteiger partial charge is 0.387 e. The summed E-state index contributed by atoms with van der Waals surface area (Å²) in [5.74, 6) is 0. The average Bonchev–Trinajstić information content (AvgIpc) is 3.46. The summed E-state index contributed by atoms with van der Waals surface area (Å²) < 4.78 is 0. The molecule has 138 valence electrons. The van der Waals surface area contributed by atoms with E-state index in [4.69, 9.17) is 0 Å². The molecule has 2 amide bonds. The van der Waals surface area contributed by atoms with E-state index in [0.29, 0.717) is 19.1 Å². The first kappa shape index (κ1) is 18.2. The highest BCUT2D eigenvalue weighted by atomic mass is 16.3. The zero-order chi connectivity index (χ0) is 17.6. The summed E-state index contributed by atoms with van der Waals surface area (Å²) in [4.78, 5) is 16.9. The van der Waals surface area contributed by atoms with Gasteiger partial charge in [-0.05, 0) is 44.7 Å². The molecular formula is C20H31N3O2. The molecule has 2 fully saturated rings. The van der Waals surface area contributed by atoms with Gasteiger partial charge in [0.05, 0.1) is 12.6 Å². The third-order valence-corrected chi connectivity index (χ3v) is 5.42. The fraction of sp³-hybridized carbons (Fsp3) is 0.650. The number of amides is 2. The van der Waals surface area contributed by atoms with Crippen LogP contribution < -0.4 is 5.32 Å². The average molecular weight is 345 g/mol. The van der Waals surface area contributed by atoms with Crippen molar-refractivity contribution in [3.63, 3.8) is 0 Å². The molecule has 5 heteroatoms. The summed E-state index contributed by atoms with van der Waals surface area (Å²) in [6.07, 6.45) is 5.28. The van der Waals surface area contributed by atoms with Gasteiger partial charge in [-0.1, -0.05) is 36.8 Å². The van der Waals surface area contributed by atoms with Crippen LogP contribution in [0.2, 0.25) is 0 Å². The summed E-state index contributed by atoms with van der Waals surface area (Å²) in [6, 6.07) is 10.4. The number of nitrogens with zero attached hydrogens (tertiary/aromatic N) is 2. The number of hydrogen-bond acceptors (Lipinski definition) is 3. The van der Waals surface area contributed by atoms with Gasteiger partial charge in [0.1, 0.15) is 0 Å². The number of carbonyl (C=O) groups excluding carboxylic acids is 1. The molecule has 0 bridgehead atoms. The minimum absolute atomic E-state index is 0.0397. The quantitative estimate of drug-likeness (QED) is 0.799. The van der Waals surface area contributed by atoms with E-state index in [-0.39, 0.29) is 12.1 Å². The molecule has 1 aromatic carbocycles. The molecule has 0 spiro atoms. The van der Waals surface area contributed by atoms with Gasteiger partial charge in [-0.3, -0.25) is 4.90 Å². The molecule has 1 saturated carbocycles. The third kappa shape index (κ3) is 5.19. The van der Waals surface area contributed by atoms with Crippen LogP contribution in [-0.4, -0.2) is 59.2 Å². The Morgan fingerprint density at radius 3 is 2.72 bits per heavy atom. The fourth-order valence-electron chi connectivity index (χ4n) is 3.65. The van der Waals surface area contributed by atoms with Crippen molar-refractivity contribution in [2.75, 3.05) is 26.2 Å². The molecular weight excluding hydrogens is 314 g/mol. The second kappa shape index (κ2) is 8.68. The Labute approximate surface area is 151 Å². The molecule has 3 rings (SSSR count). The lowest BCUT2D eigenvalue weighted by Crippen LogP contribution is -2.47. The monoisotopic (exact) mass is 345 g/mol. The van der Waals surface area contributed by atoms with Gasteiger partial charge < -0.3 is 15.3 Å². The second-order valence-corrected chi connectivity index (χ2v) is 7.42. The van der Waals surface area contributed by atoms with Gasteiger partial charge in [-0.15, -0.1) is 0 Å². The van der Waals surface area contributed by atoms with Crippen LogP contribution in [0.1, 0.15) is 50.7 Å². The first-order valence-electron chi connectivity index (χ1n) is 9.66. The number of aliphatic hydroxyl groups is 1. The summed E-state index contributed by atoms with van der Waals surface area (Å²) in [5.41, 5.74) is 0.864. The van der Waals surface area contributed by atoms with Crippen molar-refractivity contribution in [2.24, 2.45) is 0 Å². The van der Waals surface area contributed by atoms with Crippen LogP contribution in [0.4, 0.5) is 4.79 Å². The lowest BCUT2D eigenvalue weighted by atomic mass is 10.0. The van der Waals surface area contributed by atoms with E-state index >= 15 is 0 Å². The number of benzene rings is 1. The topological polar surface area (TPSA) is 55.8 Å². The maximum absolute atomic E-state index is 12.6. The Bertz CT molecular complexity index is 547. The van der Waals surface area contributed by atoms with Gasteiger partial charge in [-0.2, -0.15) is 0 Å². The van der Waals surface area contributed by atoms with Gasteiger partial charge in [0.15, 0.2) is 0 Å². The van der Waals surface area contributed by atoms with Crippen LogP contribution in [0.5, 0.6) is 0 Å². The molecule has 0 aromatic heterocycles. The number of aliphatic hydroxyl groups excluding tert-OH is 1. The number of likely N-dealkylation sites (tertiary alicyclic amines) is 1. The van der Waals surface area contributed by atoms with Gasteiger partial charge in [-0.25, -0.2) is 4.79 Å². The number of piperidine rings is 1. The Balaban J connectivity index is 1.48. The maximum atomic E-state index is 12.6. The summed E-state index contributed by atoms with van der Waals surface area (Å²) in [7, 11) is 0. The van der Waals surface area contributed by atoms with Crippen molar-refractivity contribution in [2.45, 2.75) is 57.2 Å². The zero-order valence-electron chi connectivity index (χ0n) is 15.2. The number of hydrogen-bond donors (Lipinski definition) is 2. The summed E-state index contributed by atoms with van der Waals surface area (Å²) >= 11 is 0. The highest BCUT2D eigenvalue weighted by Gasteiger charge is 2.34. The molecule has 1 aromatic rings. The van der Waals surface area contributed by atoms with Crippen molar-refractivity contribution in [1.29, 1.82) is 0 Å². The normalized spacial score (nSPS) is 22.4. The van der Waals surface area contributed by atoms with E-state index in [1.165, 1.54) is 19.3 Å². The molecule has 0 radical (unpaired) electrons. The zero-order valence-corrected chi connectivity index (χ0v) is 15.2. The van der Waals surface area contributed by atoms with E-state index in [0.717, 1.165) is 31.5 Å². The molecule has 1 aliphatic carbocycles. The first-order valence-corrected chi connectivity index (χ1v) is 9.66. The smallest absolute Gasteiger partial charge is 0.317 e. The second-order valence-electron chi connectivity index (χ2n) is 7.42. The molecule has 2 N–H and O–H groups in total. The molecule has 2 aliphatic rings. The molecule has 2 atom stereocenters. The molecule has 1 aliphatic heterocycles. The summed E-state index contributed by atoms with van der Waals surface area (Å²) in [5, 5.41) is 13.5. The Hall–Kier alpha value is -1.59. The SMILES string of the molecule is C[C@H]1CCCCN1CCNC(=O)N(C[C@@H](O)c1ccccc1)C1CC1. The van der Waals surface area contributed by atoms with Crippen LogP contribution >= 0.6 is 0 Å². The predicted molar refractivity (Wildman–Crippen MR) is 99.4 cm³/mol. The fourth-order valence-corrected chi connectivity index (χ4v) is 3.65. The van der Waals surface area contributed by atoms with Crippen LogP contribution in [-0.2, 0) is 0 Å². The molecule has 5 nitrogen and oxygen atoms in total. The van der Waals surface area contributed by atoms with Crippen molar-refractivity contribution in [1.82, 2.24) is 15.1 Å². The van der Waals surface area contributed by atoms with Gasteiger partial charge >= 0.3 is 6.03 Å². The van der Waals surface area contributed by atoms with Gasteiger partial charge in [0, 0.05) is 25.2 Å². The maximum Gasteiger partial charge on any atom is 0.317 e. The molecule has 25 heavy (non-hydrogen) atoms. The highest BCUT2D eigenvalue weighted by molar-refractivity contribution is 5.75. The number of carbonyl (C=O) groups is 1. The van der Waals surface area contributed by atoms with Gasteiger partial charge in [0.2, 0.25) is 0 Å². The number of nitrogens with one attached hydrogen (secondary N) is 1. The lowest BCUT2D eigenvalue weighted by molar-refractivity contribution is 0.116. The van der Waals surface area contributed by atoms with Crippen LogP contribution in [0.15, 0.2) is 30.3 Å². The van der Waals surface area contributed by atoms with E-state index in [9.17, 15) is 9.90 Å². The van der Waals surface area contributed by atoms with E-state index in [2.05, 4.69) is 17.1 Å². The van der Waals surface area contributed by atoms with Crippen molar-refractivity contribution >= 4 is 6.03 Å². The summed E-state index contributed by atoms with van der Waals surface area (Å²) in [6.45, 7) is 5.35. The Morgan fingerprint density at radius 1 is 1.28 bits per heavy atom. The standard InChI is InChI=1S/C20H31N3O2/c1-16-7-5-6-13-22(16)14-12-21-20(25)23(18-10-11-18)15-19(24)17-8-3-2-4-9-17/h2-4,8-9,16,18-19,24H,5-7,10-15H2,1H3,(H,21,25)/t16-,19+/m0/s1. The molecule has 1 saturated heterocycles. The minimum atomic E-state index is -0.630. The molecule has 1 heterocycles.